The number of hydrogen-bond acceptors (Lipinski definition) is 5. The van der Waals surface area contributed by atoms with Crippen molar-refractivity contribution in [1.82, 2.24) is 10.6 Å². The van der Waals surface area contributed by atoms with Crippen molar-refractivity contribution in [3.63, 3.8) is 0 Å². The van der Waals surface area contributed by atoms with Gasteiger partial charge in [0.15, 0.2) is 0 Å². The fourth-order valence-corrected chi connectivity index (χ4v) is 4.50. The number of urea groups is 1. The maximum absolute atomic E-state index is 12.8. The number of carbonyl (C=O) groups excluding carboxylic acids is 2. The van der Waals surface area contributed by atoms with E-state index < -0.39 is 12.0 Å². The first-order valence-electron chi connectivity index (χ1n) is 9.16. The van der Waals surface area contributed by atoms with Crippen LogP contribution in [0.1, 0.15) is 18.5 Å². The van der Waals surface area contributed by atoms with Crippen molar-refractivity contribution in [1.29, 1.82) is 0 Å². The predicted octanol–water partition coefficient (Wildman–Crippen LogP) is 0.498. The van der Waals surface area contributed by atoms with Crippen LogP contribution in [0, 0.1) is 0 Å². The molecule has 2 amide bonds. The van der Waals surface area contributed by atoms with E-state index in [1.807, 2.05) is 36.0 Å². The Balaban J connectivity index is 2.02. The lowest BCUT2D eigenvalue weighted by atomic mass is 9.94. The zero-order valence-electron chi connectivity index (χ0n) is 15.7. The van der Waals surface area contributed by atoms with Crippen LogP contribution in [-0.4, -0.2) is 56.9 Å². The van der Waals surface area contributed by atoms with Gasteiger partial charge in [-0.15, -0.1) is 0 Å². The molecule has 0 saturated carbocycles. The number of rotatable bonds is 6. The van der Waals surface area contributed by atoms with Crippen LogP contribution >= 0.6 is 11.8 Å². The second-order valence-electron chi connectivity index (χ2n) is 6.43. The van der Waals surface area contributed by atoms with E-state index in [1.54, 1.807) is 14.0 Å². The second kappa shape index (κ2) is 9.14. The van der Waals surface area contributed by atoms with Crippen molar-refractivity contribution in [2.24, 2.45) is 0 Å². The average Bonchev–Trinajstić information content (AvgIpc) is 2.68. The van der Waals surface area contributed by atoms with E-state index >= 15 is 0 Å². The summed E-state index contributed by atoms with van der Waals surface area (Å²) in [7, 11) is 1.58. The van der Waals surface area contributed by atoms with Crippen molar-refractivity contribution in [2.75, 3.05) is 44.9 Å². The number of para-hydroxylation sites is 1. The topological polar surface area (TPSA) is 81.1 Å². The molecule has 0 unspecified atom stereocenters. The molecule has 2 aliphatic heterocycles. The number of ether oxygens (including phenoxy) is 2. The van der Waals surface area contributed by atoms with Gasteiger partial charge in [0.1, 0.15) is 12.3 Å². The molecule has 1 atom stereocenters. The second-order valence-corrected chi connectivity index (χ2v) is 7.65. The number of methoxy groups -OCH3 is 1. The lowest BCUT2D eigenvalue weighted by Crippen LogP contribution is -3.14. The molecule has 8 heteroatoms. The first kappa shape index (κ1) is 19.6. The number of benzene rings is 1. The number of thioether (sulfide) groups is 1. The Labute approximate surface area is 163 Å². The summed E-state index contributed by atoms with van der Waals surface area (Å²) in [6, 6.07) is 6.47. The van der Waals surface area contributed by atoms with E-state index in [4.69, 9.17) is 9.47 Å². The van der Waals surface area contributed by atoms with Crippen LogP contribution < -0.4 is 20.3 Å². The first-order chi connectivity index (χ1) is 13.1. The molecule has 0 bridgehead atoms. The number of esters is 1. The third-order valence-corrected chi connectivity index (χ3v) is 5.71. The Hall–Kier alpha value is -2.19. The molecule has 3 rings (SSSR count). The molecule has 0 spiro atoms. The van der Waals surface area contributed by atoms with Gasteiger partial charge in [-0.2, -0.15) is 11.8 Å². The largest absolute Gasteiger partial charge is 0.496 e. The zero-order chi connectivity index (χ0) is 19.2. The van der Waals surface area contributed by atoms with E-state index in [0.29, 0.717) is 23.6 Å². The maximum Gasteiger partial charge on any atom is 0.338 e. The lowest BCUT2D eigenvalue weighted by Gasteiger charge is -2.32. The Bertz CT molecular complexity index is 731. The highest BCUT2D eigenvalue weighted by molar-refractivity contribution is 7.99. The molecule has 1 saturated heterocycles. The lowest BCUT2D eigenvalue weighted by molar-refractivity contribution is -0.891. The normalized spacial score (nSPS) is 20.7. The highest BCUT2D eigenvalue weighted by Gasteiger charge is 2.36. The molecule has 1 aromatic rings. The van der Waals surface area contributed by atoms with Crippen LogP contribution in [0.5, 0.6) is 5.75 Å². The van der Waals surface area contributed by atoms with E-state index in [2.05, 4.69) is 10.6 Å². The fraction of sp³-hybridized carbons (Fsp3) is 0.474. The molecule has 1 fully saturated rings. The number of carbonyl (C=O) groups is 2. The number of quaternary nitrogens is 1. The monoisotopic (exact) mass is 392 g/mol. The Morgan fingerprint density at radius 3 is 2.74 bits per heavy atom. The predicted molar refractivity (Wildman–Crippen MR) is 104 cm³/mol. The number of amides is 2. The summed E-state index contributed by atoms with van der Waals surface area (Å²) in [5, 5.41) is 5.71. The molecule has 2 heterocycles. The first-order valence-corrected chi connectivity index (χ1v) is 10.3. The van der Waals surface area contributed by atoms with Gasteiger partial charge in [-0.1, -0.05) is 18.2 Å². The van der Waals surface area contributed by atoms with Crippen molar-refractivity contribution >= 4 is 23.8 Å². The maximum atomic E-state index is 12.8. The standard InChI is InChI=1S/C19H25N3O4S/c1-3-26-18(23)16-14(12-22-8-10-27-11-9-22)20-19(24)21-17(16)13-6-4-5-7-15(13)25-2/h4-7,17H,3,8-12H2,1-2H3,(H2,20,21,24)/p+1/t17-/m1/s1. The van der Waals surface area contributed by atoms with Gasteiger partial charge >= 0.3 is 12.0 Å². The van der Waals surface area contributed by atoms with E-state index in [9.17, 15) is 9.59 Å². The highest BCUT2D eigenvalue weighted by atomic mass is 32.2. The minimum atomic E-state index is -0.609. The molecule has 3 N–H and O–H groups in total. The molecule has 0 aliphatic carbocycles. The molecule has 0 aromatic heterocycles. The van der Waals surface area contributed by atoms with Gasteiger partial charge in [0.05, 0.1) is 44.1 Å². The molecule has 146 valence electrons. The highest BCUT2D eigenvalue weighted by Crippen LogP contribution is 2.33. The van der Waals surface area contributed by atoms with Crippen LogP contribution in [0.3, 0.4) is 0 Å². The summed E-state index contributed by atoms with van der Waals surface area (Å²) in [4.78, 5) is 26.5. The quantitative estimate of drug-likeness (QED) is 0.615. The molecular formula is C19H26N3O4S+. The van der Waals surface area contributed by atoms with Crippen LogP contribution in [0.25, 0.3) is 0 Å². The molecule has 2 aliphatic rings. The van der Waals surface area contributed by atoms with Crippen LogP contribution in [-0.2, 0) is 9.53 Å². The molecule has 7 nitrogen and oxygen atoms in total. The molecule has 0 radical (unpaired) electrons. The third-order valence-electron chi connectivity index (χ3n) is 4.73. The van der Waals surface area contributed by atoms with Crippen LogP contribution in [0.2, 0.25) is 0 Å². The van der Waals surface area contributed by atoms with Gasteiger partial charge in [0.2, 0.25) is 0 Å². The Morgan fingerprint density at radius 1 is 1.30 bits per heavy atom. The molecule has 1 aromatic carbocycles. The Kier molecular flexibility index (Phi) is 6.63. The van der Waals surface area contributed by atoms with Gasteiger partial charge in [0, 0.05) is 17.1 Å². The summed E-state index contributed by atoms with van der Waals surface area (Å²) >= 11 is 1.93. The molecular weight excluding hydrogens is 366 g/mol. The zero-order valence-corrected chi connectivity index (χ0v) is 16.5. The van der Waals surface area contributed by atoms with Gasteiger partial charge < -0.3 is 25.0 Å². The van der Waals surface area contributed by atoms with Crippen molar-refractivity contribution < 1.29 is 24.0 Å². The van der Waals surface area contributed by atoms with Crippen LogP contribution in [0.4, 0.5) is 4.79 Å². The smallest absolute Gasteiger partial charge is 0.338 e. The fourth-order valence-electron chi connectivity index (χ4n) is 3.43. The summed E-state index contributed by atoms with van der Waals surface area (Å²) < 4.78 is 10.8. The van der Waals surface area contributed by atoms with E-state index in [0.717, 1.165) is 30.2 Å². The summed E-state index contributed by atoms with van der Waals surface area (Å²) in [6.07, 6.45) is 0. The van der Waals surface area contributed by atoms with E-state index in [1.165, 1.54) is 4.90 Å². The minimum Gasteiger partial charge on any atom is -0.496 e. The third kappa shape index (κ3) is 4.56. The van der Waals surface area contributed by atoms with Crippen LogP contribution in [0.15, 0.2) is 35.5 Å². The molecule has 27 heavy (non-hydrogen) atoms. The van der Waals surface area contributed by atoms with Gasteiger partial charge in [0.25, 0.3) is 0 Å². The van der Waals surface area contributed by atoms with Gasteiger partial charge in [-0.05, 0) is 13.0 Å². The van der Waals surface area contributed by atoms with Crippen molar-refractivity contribution in [3.8, 4) is 5.75 Å². The minimum absolute atomic E-state index is 0.273. The SMILES string of the molecule is CCOC(=O)C1=C(C[NH+]2CCSCC2)NC(=O)N[C@@H]1c1ccccc1OC. The number of nitrogens with one attached hydrogen (secondary N) is 3. The van der Waals surface area contributed by atoms with E-state index in [-0.39, 0.29) is 12.6 Å². The summed E-state index contributed by atoms with van der Waals surface area (Å²) in [5.41, 5.74) is 1.82. The van der Waals surface area contributed by atoms with Crippen molar-refractivity contribution in [2.45, 2.75) is 13.0 Å². The Morgan fingerprint density at radius 2 is 2.04 bits per heavy atom. The average molecular weight is 393 g/mol. The van der Waals surface area contributed by atoms with Gasteiger partial charge in [-0.25, -0.2) is 9.59 Å². The summed E-state index contributed by atoms with van der Waals surface area (Å²) in [5.74, 6) is 2.37. The number of hydrogen-bond donors (Lipinski definition) is 3. The van der Waals surface area contributed by atoms with Gasteiger partial charge in [-0.3, -0.25) is 0 Å². The van der Waals surface area contributed by atoms with Crippen molar-refractivity contribution in [3.05, 3.63) is 41.1 Å². The summed E-state index contributed by atoms with van der Waals surface area (Å²) in [6.45, 7) is 4.65.